The molecule has 0 spiro atoms. The second-order valence-corrected chi connectivity index (χ2v) is 6.55. The van der Waals surface area contributed by atoms with Crippen LogP contribution in [0.3, 0.4) is 0 Å². The number of hydrogen-bond acceptors (Lipinski definition) is 4. The van der Waals surface area contributed by atoms with Crippen molar-refractivity contribution in [3.05, 3.63) is 59.0 Å². The van der Waals surface area contributed by atoms with Crippen molar-refractivity contribution in [1.29, 1.82) is 0 Å². The third-order valence-electron chi connectivity index (χ3n) is 4.18. The van der Waals surface area contributed by atoms with Gasteiger partial charge in [0.05, 0.1) is 10.9 Å². The third kappa shape index (κ3) is 2.66. The van der Waals surface area contributed by atoms with Crippen LogP contribution in [0.1, 0.15) is 22.1 Å². The van der Waals surface area contributed by atoms with Crippen LogP contribution >= 0.6 is 11.3 Å². The van der Waals surface area contributed by atoms with E-state index in [9.17, 15) is 4.79 Å². The fourth-order valence-corrected chi connectivity index (χ4v) is 3.70. The zero-order chi connectivity index (χ0) is 15.6. The van der Waals surface area contributed by atoms with Crippen molar-refractivity contribution in [2.75, 3.05) is 13.1 Å². The Hall–Kier alpha value is -2.47. The number of amides is 1. The lowest BCUT2D eigenvalue weighted by Crippen LogP contribution is -2.28. The fourth-order valence-electron chi connectivity index (χ4n) is 3.01. The summed E-state index contributed by atoms with van der Waals surface area (Å²) in [4.78, 5) is 15.2. The van der Waals surface area contributed by atoms with Gasteiger partial charge in [-0.15, -0.1) is 21.5 Å². The van der Waals surface area contributed by atoms with E-state index in [1.807, 2.05) is 52.7 Å². The van der Waals surface area contributed by atoms with Crippen molar-refractivity contribution in [3.63, 3.8) is 0 Å². The molecule has 0 N–H and O–H groups in total. The van der Waals surface area contributed by atoms with Crippen LogP contribution in [0.2, 0.25) is 0 Å². The number of carbonyl (C=O) groups is 1. The summed E-state index contributed by atoms with van der Waals surface area (Å²) in [5.41, 5.74) is 1.05. The maximum Gasteiger partial charge on any atom is 0.263 e. The van der Waals surface area contributed by atoms with Crippen molar-refractivity contribution in [3.8, 4) is 11.4 Å². The number of nitrogens with zero attached hydrogens (tertiary/aromatic N) is 4. The van der Waals surface area contributed by atoms with Gasteiger partial charge in [0.2, 0.25) is 0 Å². The number of benzene rings is 1. The standard InChI is InChI=1S/C17H16N4OS/c22-17(15-7-4-10-23-15)20-9-8-14(11-20)21-12-18-19-16(21)13-5-2-1-3-6-13/h1-7,10,12,14H,8-9,11H2/t14-/m1/s1. The Balaban J connectivity index is 1.55. The first kappa shape index (κ1) is 14.1. The lowest BCUT2D eigenvalue weighted by molar-refractivity contribution is 0.0792. The molecular weight excluding hydrogens is 308 g/mol. The highest BCUT2D eigenvalue weighted by molar-refractivity contribution is 7.12. The normalized spacial score (nSPS) is 17.6. The van der Waals surface area contributed by atoms with Gasteiger partial charge in [-0.05, 0) is 17.9 Å². The zero-order valence-electron chi connectivity index (χ0n) is 12.5. The molecule has 1 fully saturated rings. The van der Waals surface area contributed by atoms with Gasteiger partial charge in [-0.1, -0.05) is 36.4 Å². The molecule has 1 atom stereocenters. The van der Waals surface area contributed by atoms with Gasteiger partial charge in [0.1, 0.15) is 6.33 Å². The van der Waals surface area contributed by atoms with Gasteiger partial charge < -0.3 is 9.47 Å². The van der Waals surface area contributed by atoms with Crippen molar-refractivity contribution < 1.29 is 4.79 Å². The molecule has 0 bridgehead atoms. The summed E-state index contributed by atoms with van der Waals surface area (Å²) in [5, 5.41) is 10.3. The van der Waals surface area contributed by atoms with Crippen molar-refractivity contribution in [1.82, 2.24) is 19.7 Å². The van der Waals surface area contributed by atoms with Crippen LogP contribution in [0.25, 0.3) is 11.4 Å². The van der Waals surface area contributed by atoms with Gasteiger partial charge >= 0.3 is 0 Å². The first-order chi connectivity index (χ1) is 11.3. The Labute approximate surface area is 138 Å². The minimum Gasteiger partial charge on any atom is -0.336 e. The number of rotatable bonds is 3. The van der Waals surface area contributed by atoms with Crippen molar-refractivity contribution >= 4 is 17.2 Å². The summed E-state index contributed by atoms with van der Waals surface area (Å²) in [5.74, 6) is 0.984. The molecule has 3 heterocycles. The molecule has 4 rings (SSSR count). The van der Waals surface area contributed by atoms with Gasteiger partial charge in [-0.2, -0.15) is 0 Å². The van der Waals surface area contributed by atoms with E-state index < -0.39 is 0 Å². The third-order valence-corrected chi connectivity index (χ3v) is 5.04. The second-order valence-electron chi connectivity index (χ2n) is 5.60. The molecule has 0 unspecified atom stereocenters. The van der Waals surface area contributed by atoms with Gasteiger partial charge in [0, 0.05) is 18.7 Å². The quantitative estimate of drug-likeness (QED) is 0.744. The Kier molecular flexibility index (Phi) is 3.67. The highest BCUT2D eigenvalue weighted by atomic mass is 32.1. The van der Waals surface area contributed by atoms with Crippen LogP contribution in [0.4, 0.5) is 0 Å². The largest absolute Gasteiger partial charge is 0.336 e. The molecule has 1 aromatic carbocycles. The molecule has 23 heavy (non-hydrogen) atoms. The predicted octanol–water partition coefficient (Wildman–Crippen LogP) is 3.09. The molecule has 0 radical (unpaired) electrons. The molecule has 2 aromatic heterocycles. The minimum atomic E-state index is 0.122. The lowest BCUT2D eigenvalue weighted by Gasteiger charge is -2.17. The molecule has 3 aromatic rings. The summed E-state index contributed by atoms with van der Waals surface area (Å²) in [6.07, 6.45) is 2.70. The summed E-state index contributed by atoms with van der Waals surface area (Å²) in [6, 6.07) is 14.1. The fraction of sp³-hybridized carbons (Fsp3) is 0.235. The van der Waals surface area contributed by atoms with E-state index in [0.717, 1.165) is 29.2 Å². The average Bonchev–Trinajstić information content (AvgIpc) is 3.35. The average molecular weight is 324 g/mol. The monoisotopic (exact) mass is 324 g/mol. The molecule has 5 nitrogen and oxygen atoms in total. The molecule has 6 heteroatoms. The highest BCUT2D eigenvalue weighted by Crippen LogP contribution is 2.28. The van der Waals surface area contributed by atoms with E-state index in [1.165, 1.54) is 11.3 Å². The molecule has 116 valence electrons. The van der Waals surface area contributed by atoms with Gasteiger partial charge in [-0.25, -0.2) is 0 Å². The van der Waals surface area contributed by atoms with Crippen LogP contribution in [0.5, 0.6) is 0 Å². The molecule has 0 aliphatic carbocycles. The van der Waals surface area contributed by atoms with E-state index in [0.29, 0.717) is 6.54 Å². The zero-order valence-corrected chi connectivity index (χ0v) is 13.3. The van der Waals surface area contributed by atoms with Crippen LogP contribution in [-0.2, 0) is 0 Å². The van der Waals surface area contributed by atoms with Crippen LogP contribution < -0.4 is 0 Å². The van der Waals surface area contributed by atoms with E-state index in [-0.39, 0.29) is 11.9 Å². The second kappa shape index (κ2) is 5.96. The van der Waals surface area contributed by atoms with Gasteiger partial charge in [-0.3, -0.25) is 4.79 Å². The van der Waals surface area contributed by atoms with E-state index in [1.54, 1.807) is 6.33 Å². The molecule has 1 aliphatic rings. The number of thiophene rings is 1. The predicted molar refractivity (Wildman–Crippen MR) is 89.3 cm³/mol. The van der Waals surface area contributed by atoms with E-state index >= 15 is 0 Å². The summed E-state index contributed by atoms with van der Waals surface area (Å²) in [7, 11) is 0. The summed E-state index contributed by atoms with van der Waals surface area (Å²) >= 11 is 1.49. The Morgan fingerprint density at radius 3 is 2.83 bits per heavy atom. The van der Waals surface area contributed by atoms with Crippen LogP contribution in [0, 0.1) is 0 Å². The number of likely N-dealkylation sites (tertiary alicyclic amines) is 1. The summed E-state index contributed by atoms with van der Waals surface area (Å²) < 4.78 is 2.09. The molecule has 1 amide bonds. The topological polar surface area (TPSA) is 51.0 Å². The lowest BCUT2D eigenvalue weighted by atomic mass is 10.2. The Morgan fingerprint density at radius 1 is 1.17 bits per heavy atom. The molecular formula is C17H16N4OS. The highest BCUT2D eigenvalue weighted by Gasteiger charge is 2.29. The van der Waals surface area contributed by atoms with Crippen molar-refractivity contribution in [2.24, 2.45) is 0 Å². The number of carbonyl (C=O) groups excluding carboxylic acids is 1. The van der Waals surface area contributed by atoms with Gasteiger partial charge in [0.25, 0.3) is 5.91 Å². The number of hydrogen-bond donors (Lipinski definition) is 0. The smallest absolute Gasteiger partial charge is 0.263 e. The minimum absolute atomic E-state index is 0.122. The van der Waals surface area contributed by atoms with E-state index in [4.69, 9.17) is 0 Å². The summed E-state index contributed by atoms with van der Waals surface area (Å²) in [6.45, 7) is 1.47. The van der Waals surface area contributed by atoms with Crippen LogP contribution in [-0.4, -0.2) is 38.7 Å². The first-order valence-electron chi connectivity index (χ1n) is 7.60. The van der Waals surface area contributed by atoms with E-state index in [2.05, 4.69) is 14.8 Å². The Bertz CT molecular complexity index is 797. The van der Waals surface area contributed by atoms with Crippen molar-refractivity contribution in [2.45, 2.75) is 12.5 Å². The first-order valence-corrected chi connectivity index (χ1v) is 8.48. The molecule has 1 saturated heterocycles. The number of aromatic nitrogens is 3. The SMILES string of the molecule is O=C(c1cccs1)N1CC[C@@H](n2cnnc2-c2ccccc2)C1. The maximum absolute atomic E-state index is 12.5. The molecule has 1 aliphatic heterocycles. The van der Waals surface area contributed by atoms with Gasteiger partial charge in [0.15, 0.2) is 5.82 Å². The maximum atomic E-state index is 12.5. The molecule has 0 saturated carbocycles. The Morgan fingerprint density at radius 2 is 2.04 bits per heavy atom. The van der Waals surface area contributed by atoms with Crippen LogP contribution in [0.15, 0.2) is 54.2 Å².